The summed E-state index contributed by atoms with van der Waals surface area (Å²) in [5, 5.41) is 3.35. The van der Waals surface area contributed by atoms with Crippen molar-refractivity contribution in [3.8, 4) is 0 Å². The summed E-state index contributed by atoms with van der Waals surface area (Å²) in [4.78, 5) is 13.8. The van der Waals surface area contributed by atoms with Gasteiger partial charge in [0.15, 0.2) is 5.58 Å². The summed E-state index contributed by atoms with van der Waals surface area (Å²) in [6.07, 6.45) is 0. The van der Waals surface area contributed by atoms with Crippen LogP contribution < -0.4 is 11.1 Å². The Morgan fingerprint density at radius 2 is 2.22 bits per heavy atom. The van der Waals surface area contributed by atoms with E-state index in [0.717, 1.165) is 29.9 Å². The zero-order valence-corrected chi connectivity index (χ0v) is 11.5. The van der Waals surface area contributed by atoms with Gasteiger partial charge in [-0.05, 0) is 17.7 Å². The van der Waals surface area contributed by atoms with Gasteiger partial charge in [0.1, 0.15) is 0 Å². The van der Waals surface area contributed by atoms with Crippen LogP contribution in [0.15, 0.2) is 27.4 Å². The van der Waals surface area contributed by atoms with Gasteiger partial charge in [0.05, 0.1) is 5.52 Å². The molecule has 4 nitrogen and oxygen atoms in total. The maximum Gasteiger partial charge on any atom is 0.417 e. The molecule has 2 rings (SSSR count). The number of thiol groups is 1. The fraction of sp³-hybridized carbons (Fsp3) is 0.462. The van der Waals surface area contributed by atoms with Crippen LogP contribution in [0.1, 0.15) is 19.4 Å². The Morgan fingerprint density at radius 3 is 2.94 bits per heavy atom. The number of rotatable bonds is 5. The molecule has 2 aromatic rings. The third-order valence-corrected chi connectivity index (χ3v) is 3.28. The fourth-order valence-electron chi connectivity index (χ4n) is 1.95. The molecule has 0 spiro atoms. The van der Waals surface area contributed by atoms with Crippen molar-refractivity contribution in [2.45, 2.75) is 19.3 Å². The molecule has 1 heterocycles. The molecule has 0 saturated heterocycles. The summed E-state index contributed by atoms with van der Waals surface area (Å²) in [6, 6.07) is 5.84. The van der Waals surface area contributed by atoms with Crippen LogP contribution in [0.4, 0.5) is 0 Å². The molecule has 0 aliphatic heterocycles. The lowest BCUT2D eigenvalue weighted by atomic mass is 9.84. The van der Waals surface area contributed by atoms with Gasteiger partial charge in [-0.3, -0.25) is 4.98 Å². The number of nitrogens with one attached hydrogen (secondary N) is 2. The second kappa shape index (κ2) is 5.20. The van der Waals surface area contributed by atoms with Crippen LogP contribution in [0.25, 0.3) is 11.1 Å². The van der Waals surface area contributed by atoms with E-state index in [2.05, 4.69) is 36.8 Å². The van der Waals surface area contributed by atoms with E-state index in [1.54, 1.807) is 0 Å². The number of aromatic nitrogens is 1. The lowest BCUT2D eigenvalue weighted by molar-refractivity contribution is 0.477. The van der Waals surface area contributed by atoms with Crippen molar-refractivity contribution in [2.75, 3.05) is 18.8 Å². The van der Waals surface area contributed by atoms with Crippen molar-refractivity contribution in [3.63, 3.8) is 0 Å². The molecule has 0 unspecified atom stereocenters. The number of aromatic amines is 1. The summed E-state index contributed by atoms with van der Waals surface area (Å²) < 4.78 is 5.09. The third-order valence-electron chi connectivity index (χ3n) is 3.06. The highest BCUT2D eigenvalue weighted by Gasteiger charge is 2.21. The van der Waals surface area contributed by atoms with Crippen LogP contribution >= 0.6 is 12.6 Å². The Kier molecular flexibility index (Phi) is 3.82. The Morgan fingerprint density at radius 1 is 1.44 bits per heavy atom. The fourth-order valence-corrected chi connectivity index (χ4v) is 2.11. The van der Waals surface area contributed by atoms with Gasteiger partial charge in [-0.1, -0.05) is 19.9 Å². The maximum absolute atomic E-state index is 11.1. The summed E-state index contributed by atoms with van der Waals surface area (Å²) in [5.74, 6) is 0.412. The Hall–Kier alpha value is -1.20. The smallest absolute Gasteiger partial charge is 0.408 e. The molecule has 0 aliphatic rings. The molecule has 1 aromatic heterocycles. The van der Waals surface area contributed by atoms with Gasteiger partial charge in [0.2, 0.25) is 0 Å². The molecular weight excluding hydrogens is 248 g/mol. The minimum atomic E-state index is -0.409. The molecule has 0 saturated carbocycles. The van der Waals surface area contributed by atoms with Crippen LogP contribution in [0.2, 0.25) is 0 Å². The van der Waals surface area contributed by atoms with Gasteiger partial charge in [0, 0.05) is 24.3 Å². The summed E-state index contributed by atoms with van der Waals surface area (Å²) in [6.45, 7) is 6.05. The zero-order valence-electron chi connectivity index (χ0n) is 10.6. The minimum absolute atomic E-state index is 0.0209. The van der Waals surface area contributed by atoms with E-state index in [9.17, 15) is 4.79 Å². The molecule has 0 atom stereocenters. The average Bonchev–Trinajstić information content (AvgIpc) is 2.68. The monoisotopic (exact) mass is 266 g/mol. The Labute approximate surface area is 111 Å². The lowest BCUT2D eigenvalue weighted by Gasteiger charge is -2.25. The summed E-state index contributed by atoms with van der Waals surface area (Å²) >= 11 is 4.17. The van der Waals surface area contributed by atoms with Gasteiger partial charge < -0.3 is 9.73 Å². The predicted octanol–water partition coefficient (Wildman–Crippen LogP) is 1.92. The summed E-state index contributed by atoms with van der Waals surface area (Å²) in [7, 11) is 0. The van der Waals surface area contributed by atoms with E-state index in [0.29, 0.717) is 5.58 Å². The minimum Gasteiger partial charge on any atom is -0.408 e. The zero-order chi connectivity index (χ0) is 13.2. The van der Waals surface area contributed by atoms with E-state index >= 15 is 0 Å². The van der Waals surface area contributed by atoms with Gasteiger partial charge in [-0.15, -0.1) is 0 Å². The summed E-state index contributed by atoms with van der Waals surface area (Å²) in [5.41, 5.74) is 2.47. The quantitative estimate of drug-likeness (QED) is 0.572. The van der Waals surface area contributed by atoms with Gasteiger partial charge in [0.25, 0.3) is 0 Å². The van der Waals surface area contributed by atoms with Gasteiger partial charge in [-0.25, -0.2) is 4.79 Å². The molecule has 0 amide bonds. The largest absolute Gasteiger partial charge is 0.417 e. The number of fused-ring (bicyclic) bond motifs is 1. The second-order valence-electron chi connectivity index (χ2n) is 5.01. The van der Waals surface area contributed by atoms with Crippen molar-refractivity contribution in [1.82, 2.24) is 10.3 Å². The number of oxazole rings is 1. The van der Waals surface area contributed by atoms with Crippen LogP contribution in [0.5, 0.6) is 0 Å². The number of H-pyrrole nitrogens is 1. The highest BCUT2D eigenvalue weighted by molar-refractivity contribution is 7.80. The molecule has 2 N–H and O–H groups in total. The standard InChI is InChI=1S/C13H18N2O2S/c1-13(2,8-14-5-6-18)9-3-4-10-11(7-9)17-12(16)15-10/h3-4,7,14,18H,5-6,8H2,1-2H3,(H,15,16). The van der Waals surface area contributed by atoms with Crippen molar-refractivity contribution in [3.05, 3.63) is 34.3 Å². The maximum atomic E-state index is 11.1. The van der Waals surface area contributed by atoms with Crippen molar-refractivity contribution < 1.29 is 4.42 Å². The first-order valence-electron chi connectivity index (χ1n) is 5.98. The molecule has 98 valence electrons. The number of hydrogen-bond donors (Lipinski definition) is 3. The molecule has 0 radical (unpaired) electrons. The number of benzene rings is 1. The molecule has 0 bridgehead atoms. The first kappa shape index (κ1) is 13.2. The first-order valence-corrected chi connectivity index (χ1v) is 6.61. The van der Waals surface area contributed by atoms with E-state index in [4.69, 9.17) is 4.42 Å². The van der Waals surface area contributed by atoms with Crippen LogP contribution in [0.3, 0.4) is 0 Å². The highest BCUT2D eigenvalue weighted by atomic mass is 32.1. The Bertz CT molecular complexity index is 586. The van der Waals surface area contributed by atoms with Crippen molar-refractivity contribution >= 4 is 23.7 Å². The molecule has 18 heavy (non-hydrogen) atoms. The van der Waals surface area contributed by atoms with E-state index in [1.807, 2.05) is 18.2 Å². The molecular formula is C13H18N2O2S. The Balaban J connectivity index is 2.25. The lowest BCUT2D eigenvalue weighted by Crippen LogP contribution is -2.33. The van der Waals surface area contributed by atoms with E-state index in [1.165, 1.54) is 0 Å². The molecule has 5 heteroatoms. The first-order chi connectivity index (χ1) is 8.53. The molecule has 0 fully saturated rings. The average molecular weight is 266 g/mol. The highest BCUT2D eigenvalue weighted by Crippen LogP contribution is 2.25. The SMILES string of the molecule is CC(C)(CNCCS)c1ccc2[nH]c(=O)oc2c1. The molecule has 1 aromatic carbocycles. The van der Waals surface area contributed by atoms with E-state index < -0.39 is 5.76 Å². The van der Waals surface area contributed by atoms with Crippen LogP contribution in [-0.2, 0) is 5.41 Å². The van der Waals surface area contributed by atoms with Crippen LogP contribution in [0, 0.1) is 0 Å². The second-order valence-corrected chi connectivity index (χ2v) is 5.46. The van der Waals surface area contributed by atoms with Gasteiger partial charge >= 0.3 is 5.76 Å². The normalized spacial score (nSPS) is 12.2. The van der Waals surface area contributed by atoms with Crippen LogP contribution in [-0.4, -0.2) is 23.8 Å². The van der Waals surface area contributed by atoms with Crippen molar-refractivity contribution in [2.24, 2.45) is 0 Å². The topological polar surface area (TPSA) is 58.0 Å². The van der Waals surface area contributed by atoms with Gasteiger partial charge in [-0.2, -0.15) is 12.6 Å². The predicted molar refractivity (Wildman–Crippen MR) is 76.6 cm³/mol. The molecule has 0 aliphatic carbocycles. The van der Waals surface area contributed by atoms with E-state index in [-0.39, 0.29) is 5.41 Å². The van der Waals surface area contributed by atoms with Crippen molar-refractivity contribution in [1.29, 1.82) is 0 Å². The number of hydrogen-bond acceptors (Lipinski definition) is 4. The third kappa shape index (κ3) is 2.79.